The Morgan fingerprint density at radius 2 is 1.97 bits per heavy atom. The van der Waals surface area contributed by atoms with Crippen molar-refractivity contribution in [1.29, 1.82) is 0 Å². The number of nitrogens with zero attached hydrogens (tertiary/aromatic N) is 1. The molecule has 0 aromatic heterocycles. The van der Waals surface area contributed by atoms with Crippen LogP contribution in [0.15, 0.2) is 72.4 Å². The largest absolute Gasteiger partial charge is 0.490 e. The molecule has 0 heterocycles. The van der Waals surface area contributed by atoms with E-state index in [-0.39, 0.29) is 12.1 Å². The van der Waals surface area contributed by atoms with Crippen LogP contribution in [0.2, 0.25) is 0 Å². The van der Waals surface area contributed by atoms with Crippen molar-refractivity contribution in [2.75, 3.05) is 10.3 Å². The van der Waals surface area contributed by atoms with E-state index in [9.17, 15) is 4.79 Å². The number of carbonyl (C=O) groups is 1. The van der Waals surface area contributed by atoms with E-state index in [0.717, 1.165) is 49.2 Å². The zero-order valence-electron chi connectivity index (χ0n) is 19.2. The van der Waals surface area contributed by atoms with Gasteiger partial charge in [0.25, 0.3) is 0 Å². The number of hydrazine groups is 1. The second-order valence-electron chi connectivity index (χ2n) is 7.81. The lowest BCUT2D eigenvalue weighted by atomic mass is 10.2. The number of hydrogen-bond acceptors (Lipinski definition) is 5. The molecular formula is C25H37N5O2. The van der Waals surface area contributed by atoms with Crippen molar-refractivity contribution >= 4 is 17.4 Å². The Balaban J connectivity index is 1.86. The molecule has 7 heteroatoms. The van der Waals surface area contributed by atoms with Gasteiger partial charge in [0.2, 0.25) is 0 Å². The van der Waals surface area contributed by atoms with Gasteiger partial charge < -0.3 is 21.1 Å². The Kier molecular flexibility index (Phi) is 11.0. The van der Waals surface area contributed by atoms with Crippen LogP contribution in [0.4, 0.5) is 16.2 Å². The van der Waals surface area contributed by atoms with Crippen molar-refractivity contribution < 1.29 is 9.53 Å². The summed E-state index contributed by atoms with van der Waals surface area (Å²) >= 11 is 0. The second kappa shape index (κ2) is 14.0. The number of nitrogens with one attached hydrogen (secondary N) is 2. The molecule has 0 bridgehead atoms. The highest BCUT2D eigenvalue weighted by atomic mass is 16.5. The molecule has 1 aliphatic carbocycles. The quantitative estimate of drug-likeness (QED) is 0.160. The maximum atomic E-state index is 12.2. The molecule has 0 atom stereocenters. The van der Waals surface area contributed by atoms with Gasteiger partial charge in [0.15, 0.2) is 0 Å². The van der Waals surface area contributed by atoms with Gasteiger partial charge in [0.1, 0.15) is 5.76 Å². The lowest BCUT2D eigenvalue weighted by molar-refractivity contribution is 0.131. The average molecular weight is 440 g/mol. The van der Waals surface area contributed by atoms with Gasteiger partial charge in [-0.3, -0.25) is 5.01 Å². The highest BCUT2D eigenvalue weighted by Crippen LogP contribution is 2.23. The van der Waals surface area contributed by atoms with Crippen LogP contribution in [0.1, 0.15) is 58.8 Å². The Hall–Kier alpha value is -3.19. The number of carbonyl (C=O) groups excluding carboxylic acids is 1. The van der Waals surface area contributed by atoms with E-state index < -0.39 is 0 Å². The minimum atomic E-state index is -0.339. The number of ether oxygens (including phenoxy) is 1. The standard InChI is InChI=1S/C25H37N5O2/c1-3-5-9-20(26)19-30(27)22-15-13-21(14-16-22)29-25(31)28-18-17-24(10-6-4-2)32-23-11-7-8-12-23/h4,6,10,13-19,23H,3,5,7-9,11-12,26-27H2,1-2H3,(H2,28,29,31)/b6-4+,18-17+,20-19-,24-10+. The molecule has 0 radical (unpaired) electrons. The van der Waals surface area contributed by atoms with Crippen LogP contribution in [0.5, 0.6) is 0 Å². The monoisotopic (exact) mass is 439 g/mol. The van der Waals surface area contributed by atoms with Crippen molar-refractivity contribution in [3.8, 4) is 0 Å². The summed E-state index contributed by atoms with van der Waals surface area (Å²) in [6.07, 6.45) is 18.6. The van der Waals surface area contributed by atoms with Gasteiger partial charge in [-0.1, -0.05) is 25.5 Å². The summed E-state index contributed by atoms with van der Waals surface area (Å²) in [5, 5.41) is 6.99. The summed E-state index contributed by atoms with van der Waals surface area (Å²) in [6, 6.07) is 6.88. The third-order valence-corrected chi connectivity index (χ3v) is 5.07. The maximum Gasteiger partial charge on any atom is 0.323 e. The molecule has 32 heavy (non-hydrogen) atoms. The highest BCUT2D eigenvalue weighted by Gasteiger charge is 2.16. The molecule has 0 saturated heterocycles. The van der Waals surface area contributed by atoms with Gasteiger partial charge in [-0.25, -0.2) is 10.6 Å². The summed E-state index contributed by atoms with van der Waals surface area (Å²) in [5.41, 5.74) is 8.15. The predicted molar refractivity (Wildman–Crippen MR) is 132 cm³/mol. The van der Waals surface area contributed by atoms with E-state index in [4.69, 9.17) is 16.3 Å². The molecule has 1 saturated carbocycles. The first-order chi connectivity index (χ1) is 15.5. The fourth-order valence-corrected chi connectivity index (χ4v) is 3.31. The van der Waals surface area contributed by atoms with E-state index >= 15 is 0 Å². The SMILES string of the molecule is C/C=C/C=C(\C=C\NC(=O)Nc1ccc(N(N)/C=C(\N)CCCC)cc1)OC1CCCC1. The summed E-state index contributed by atoms with van der Waals surface area (Å²) in [6.45, 7) is 4.07. The summed E-state index contributed by atoms with van der Waals surface area (Å²) in [5.74, 6) is 6.78. The topological polar surface area (TPSA) is 106 Å². The van der Waals surface area contributed by atoms with E-state index in [1.807, 2.05) is 37.3 Å². The zero-order chi connectivity index (χ0) is 23.2. The Bertz CT molecular complexity index is 821. The Morgan fingerprint density at radius 1 is 1.25 bits per heavy atom. The Morgan fingerprint density at radius 3 is 2.62 bits per heavy atom. The van der Waals surface area contributed by atoms with Crippen molar-refractivity contribution in [3.05, 3.63) is 72.4 Å². The highest BCUT2D eigenvalue weighted by molar-refractivity contribution is 5.90. The van der Waals surface area contributed by atoms with Crippen LogP contribution in [-0.4, -0.2) is 12.1 Å². The molecule has 0 aliphatic heterocycles. The van der Waals surface area contributed by atoms with Gasteiger partial charge >= 0.3 is 6.03 Å². The van der Waals surface area contributed by atoms with Gasteiger partial charge in [0, 0.05) is 23.8 Å². The van der Waals surface area contributed by atoms with Crippen molar-refractivity contribution in [2.24, 2.45) is 11.6 Å². The van der Waals surface area contributed by atoms with E-state index in [1.54, 1.807) is 30.6 Å². The number of unbranched alkanes of at least 4 members (excludes halogenated alkanes) is 1. The van der Waals surface area contributed by atoms with Crippen molar-refractivity contribution in [2.45, 2.75) is 64.9 Å². The van der Waals surface area contributed by atoms with Gasteiger partial charge in [-0.05, 0) is 81.9 Å². The summed E-state index contributed by atoms with van der Waals surface area (Å²) in [7, 11) is 0. The maximum absolute atomic E-state index is 12.2. The molecule has 1 aromatic carbocycles. The number of nitrogens with two attached hydrogens (primary N) is 2. The first kappa shape index (κ1) is 25.1. The molecule has 7 nitrogen and oxygen atoms in total. The van der Waals surface area contributed by atoms with Crippen LogP contribution in [0.3, 0.4) is 0 Å². The van der Waals surface area contributed by atoms with E-state index in [2.05, 4.69) is 17.6 Å². The molecule has 0 spiro atoms. The Labute approximate surface area is 191 Å². The first-order valence-electron chi connectivity index (χ1n) is 11.4. The second-order valence-corrected chi connectivity index (χ2v) is 7.81. The fourth-order valence-electron chi connectivity index (χ4n) is 3.31. The third-order valence-electron chi connectivity index (χ3n) is 5.07. The third kappa shape index (κ3) is 9.31. The van der Waals surface area contributed by atoms with Crippen LogP contribution < -0.4 is 27.2 Å². The molecular weight excluding hydrogens is 402 g/mol. The van der Waals surface area contributed by atoms with Gasteiger partial charge in [-0.15, -0.1) is 0 Å². The molecule has 0 unspecified atom stereocenters. The molecule has 1 fully saturated rings. The van der Waals surface area contributed by atoms with Crippen LogP contribution in [0.25, 0.3) is 0 Å². The summed E-state index contributed by atoms with van der Waals surface area (Å²) in [4.78, 5) is 12.2. The normalized spacial score (nSPS) is 15.5. The fraction of sp³-hybridized carbons (Fsp3) is 0.400. The van der Waals surface area contributed by atoms with Crippen molar-refractivity contribution in [1.82, 2.24) is 5.32 Å². The lowest BCUT2D eigenvalue weighted by Crippen LogP contribution is -2.26. The molecule has 2 amide bonds. The van der Waals surface area contributed by atoms with E-state index in [1.165, 1.54) is 17.9 Å². The molecule has 6 N–H and O–H groups in total. The number of rotatable bonds is 11. The number of hydrogen-bond donors (Lipinski definition) is 4. The zero-order valence-corrected chi connectivity index (χ0v) is 19.2. The minimum absolute atomic E-state index is 0.252. The van der Waals surface area contributed by atoms with Gasteiger partial charge in [-0.2, -0.15) is 0 Å². The molecule has 1 aromatic rings. The summed E-state index contributed by atoms with van der Waals surface area (Å²) < 4.78 is 6.02. The van der Waals surface area contributed by atoms with Crippen LogP contribution in [0, 0.1) is 0 Å². The van der Waals surface area contributed by atoms with Gasteiger partial charge in [0.05, 0.1) is 11.8 Å². The smallest absolute Gasteiger partial charge is 0.323 e. The molecule has 174 valence electrons. The first-order valence-corrected chi connectivity index (χ1v) is 11.4. The number of urea groups is 1. The van der Waals surface area contributed by atoms with Crippen LogP contribution in [-0.2, 0) is 4.74 Å². The average Bonchev–Trinajstić information content (AvgIpc) is 3.29. The minimum Gasteiger partial charge on any atom is -0.490 e. The molecule has 2 rings (SSSR count). The number of anilines is 2. The number of allylic oxidation sites excluding steroid dienone is 5. The molecule has 1 aliphatic rings. The number of benzene rings is 1. The van der Waals surface area contributed by atoms with Crippen LogP contribution >= 0.6 is 0 Å². The predicted octanol–water partition coefficient (Wildman–Crippen LogP) is 5.41. The van der Waals surface area contributed by atoms with Crippen molar-refractivity contribution in [3.63, 3.8) is 0 Å². The lowest BCUT2D eigenvalue weighted by Gasteiger charge is -2.16. The number of amides is 2. The van der Waals surface area contributed by atoms with E-state index in [0.29, 0.717) is 5.69 Å².